The Morgan fingerprint density at radius 2 is 2.12 bits per heavy atom. The molecule has 0 amide bonds. The molecule has 1 N–H and O–H groups in total. The monoisotopic (exact) mass is 250 g/mol. The van der Waals surface area contributed by atoms with Crippen LogP contribution >= 0.6 is 11.3 Å². The molecule has 3 nitrogen and oxygen atoms in total. The Hall–Kier alpha value is -1.13. The van der Waals surface area contributed by atoms with E-state index in [1.54, 1.807) is 11.3 Å². The zero-order chi connectivity index (χ0) is 12.4. The smallest absolute Gasteiger partial charge is 0.121 e. The lowest BCUT2D eigenvalue weighted by atomic mass is 10.1. The number of hydrogen-bond acceptors (Lipinski definition) is 4. The summed E-state index contributed by atoms with van der Waals surface area (Å²) in [5.41, 5.74) is 1.13. The van der Waals surface area contributed by atoms with Gasteiger partial charge < -0.3 is 9.73 Å². The highest BCUT2D eigenvalue weighted by Gasteiger charge is 2.16. The van der Waals surface area contributed by atoms with Gasteiger partial charge in [-0.15, -0.1) is 11.3 Å². The number of aryl methyl sites for hydroxylation is 3. The second-order valence-corrected chi connectivity index (χ2v) is 5.53. The van der Waals surface area contributed by atoms with Crippen LogP contribution in [0.4, 0.5) is 0 Å². The minimum absolute atomic E-state index is 0.202. The Morgan fingerprint density at radius 1 is 1.35 bits per heavy atom. The number of furan rings is 1. The molecule has 2 rings (SSSR count). The van der Waals surface area contributed by atoms with Crippen LogP contribution in [0.2, 0.25) is 0 Å². The summed E-state index contributed by atoms with van der Waals surface area (Å²) in [6.45, 7) is 6.14. The molecule has 0 aliphatic rings. The molecule has 0 aliphatic heterocycles. The van der Waals surface area contributed by atoms with Crippen molar-refractivity contribution in [2.75, 3.05) is 7.05 Å². The highest BCUT2D eigenvalue weighted by Crippen LogP contribution is 2.24. The van der Waals surface area contributed by atoms with Crippen LogP contribution in [0.1, 0.15) is 33.1 Å². The van der Waals surface area contributed by atoms with E-state index in [0.29, 0.717) is 0 Å². The number of nitrogens with one attached hydrogen (secondary N) is 1. The van der Waals surface area contributed by atoms with Crippen LogP contribution in [-0.4, -0.2) is 12.0 Å². The number of hydrogen-bond donors (Lipinski definition) is 1. The van der Waals surface area contributed by atoms with E-state index in [9.17, 15) is 0 Å². The van der Waals surface area contributed by atoms with Crippen molar-refractivity contribution in [1.82, 2.24) is 10.3 Å². The SMILES string of the molecule is CNC(Cc1nc(C)c(C)s1)c1ccc(C)o1. The molecule has 0 fully saturated rings. The lowest BCUT2D eigenvalue weighted by Gasteiger charge is -2.11. The highest BCUT2D eigenvalue weighted by molar-refractivity contribution is 7.11. The van der Waals surface area contributed by atoms with Gasteiger partial charge in [-0.05, 0) is 40.0 Å². The number of thiazole rings is 1. The van der Waals surface area contributed by atoms with Crippen LogP contribution in [-0.2, 0) is 6.42 Å². The topological polar surface area (TPSA) is 38.1 Å². The zero-order valence-corrected chi connectivity index (χ0v) is 11.5. The first-order chi connectivity index (χ1) is 8.10. The van der Waals surface area contributed by atoms with Crippen molar-refractivity contribution in [2.45, 2.75) is 33.2 Å². The lowest BCUT2D eigenvalue weighted by Crippen LogP contribution is -2.18. The van der Waals surface area contributed by atoms with Crippen LogP contribution in [0.25, 0.3) is 0 Å². The first-order valence-electron chi connectivity index (χ1n) is 5.76. The van der Waals surface area contributed by atoms with E-state index in [-0.39, 0.29) is 6.04 Å². The molecule has 2 aromatic heterocycles. The molecule has 0 aliphatic carbocycles. The Bertz CT molecular complexity index is 482. The van der Waals surface area contributed by atoms with Crippen molar-refractivity contribution in [1.29, 1.82) is 0 Å². The molecule has 0 bridgehead atoms. The summed E-state index contributed by atoms with van der Waals surface area (Å²) in [5.74, 6) is 1.93. The van der Waals surface area contributed by atoms with E-state index in [1.807, 2.05) is 26.1 Å². The van der Waals surface area contributed by atoms with E-state index in [1.165, 1.54) is 4.88 Å². The van der Waals surface area contributed by atoms with Crippen LogP contribution < -0.4 is 5.32 Å². The number of nitrogens with zero attached hydrogens (tertiary/aromatic N) is 1. The molecule has 2 aromatic rings. The molecule has 92 valence electrons. The molecule has 4 heteroatoms. The van der Waals surface area contributed by atoms with Gasteiger partial charge in [0.15, 0.2) is 0 Å². The Kier molecular flexibility index (Phi) is 3.64. The number of rotatable bonds is 4. The van der Waals surface area contributed by atoms with Gasteiger partial charge in [0.05, 0.1) is 16.7 Å². The van der Waals surface area contributed by atoms with Crippen LogP contribution in [0.5, 0.6) is 0 Å². The summed E-state index contributed by atoms with van der Waals surface area (Å²) in [4.78, 5) is 5.86. The van der Waals surface area contributed by atoms with Crippen molar-refractivity contribution in [2.24, 2.45) is 0 Å². The Labute approximate surface area is 106 Å². The van der Waals surface area contributed by atoms with E-state index in [0.717, 1.165) is 28.6 Å². The maximum atomic E-state index is 5.66. The standard InChI is InChI=1S/C13H18N2OS/c1-8-5-6-12(16-8)11(14-4)7-13-15-9(2)10(3)17-13/h5-6,11,14H,7H2,1-4H3. The maximum Gasteiger partial charge on any atom is 0.121 e. The van der Waals surface area contributed by atoms with Crippen molar-refractivity contribution in [3.63, 3.8) is 0 Å². The van der Waals surface area contributed by atoms with Crippen molar-refractivity contribution in [3.05, 3.63) is 39.2 Å². The molecular weight excluding hydrogens is 232 g/mol. The van der Waals surface area contributed by atoms with E-state index >= 15 is 0 Å². The van der Waals surface area contributed by atoms with E-state index in [2.05, 4.69) is 24.1 Å². The minimum Gasteiger partial charge on any atom is -0.465 e. The van der Waals surface area contributed by atoms with Crippen molar-refractivity contribution >= 4 is 11.3 Å². The quantitative estimate of drug-likeness (QED) is 0.905. The fraction of sp³-hybridized carbons (Fsp3) is 0.462. The van der Waals surface area contributed by atoms with Crippen LogP contribution in [0, 0.1) is 20.8 Å². The predicted octanol–water partition coefficient (Wildman–Crippen LogP) is 3.16. The second kappa shape index (κ2) is 5.02. The molecular formula is C13H18N2OS. The van der Waals surface area contributed by atoms with Gasteiger partial charge in [-0.1, -0.05) is 0 Å². The normalized spacial score (nSPS) is 12.9. The average molecular weight is 250 g/mol. The molecule has 0 spiro atoms. The number of likely N-dealkylation sites (N-methyl/N-ethyl adjacent to an activating group) is 1. The van der Waals surface area contributed by atoms with Gasteiger partial charge >= 0.3 is 0 Å². The third kappa shape index (κ3) is 2.76. The summed E-state index contributed by atoms with van der Waals surface area (Å²) in [6.07, 6.45) is 0.878. The average Bonchev–Trinajstić information content (AvgIpc) is 2.83. The summed E-state index contributed by atoms with van der Waals surface area (Å²) in [6, 6.07) is 4.23. The summed E-state index contributed by atoms with van der Waals surface area (Å²) in [5, 5.41) is 4.44. The minimum atomic E-state index is 0.202. The van der Waals surface area contributed by atoms with Gasteiger partial charge in [0, 0.05) is 11.3 Å². The van der Waals surface area contributed by atoms with Gasteiger partial charge in [-0.2, -0.15) is 0 Å². The molecule has 1 unspecified atom stereocenters. The molecule has 0 saturated heterocycles. The fourth-order valence-electron chi connectivity index (χ4n) is 1.79. The first-order valence-corrected chi connectivity index (χ1v) is 6.58. The summed E-state index contributed by atoms with van der Waals surface area (Å²) in [7, 11) is 1.95. The maximum absolute atomic E-state index is 5.66. The number of aromatic nitrogens is 1. The lowest BCUT2D eigenvalue weighted by molar-refractivity contribution is 0.414. The highest BCUT2D eigenvalue weighted by atomic mass is 32.1. The van der Waals surface area contributed by atoms with Gasteiger partial charge in [0.1, 0.15) is 11.5 Å². The van der Waals surface area contributed by atoms with E-state index < -0.39 is 0 Å². The first kappa shape index (κ1) is 12.3. The fourth-order valence-corrected chi connectivity index (χ4v) is 2.77. The molecule has 0 saturated carbocycles. The van der Waals surface area contributed by atoms with Gasteiger partial charge in [0.2, 0.25) is 0 Å². The molecule has 0 radical (unpaired) electrons. The molecule has 17 heavy (non-hydrogen) atoms. The third-order valence-electron chi connectivity index (χ3n) is 2.90. The van der Waals surface area contributed by atoms with Crippen LogP contribution in [0.15, 0.2) is 16.5 Å². The van der Waals surface area contributed by atoms with Crippen molar-refractivity contribution in [3.8, 4) is 0 Å². The summed E-state index contributed by atoms with van der Waals surface area (Å²) < 4.78 is 5.66. The van der Waals surface area contributed by atoms with Gasteiger partial charge in [0.25, 0.3) is 0 Å². The van der Waals surface area contributed by atoms with Gasteiger partial charge in [-0.25, -0.2) is 4.98 Å². The molecule has 1 atom stereocenters. The van der Waals surface area contributed by atoms with E-state index in [4.69, 9.17) is 4.42 Å². The van der Waals surface area contributed by atoms with Gasteiger partial charge in [-0.3, -0.25) is 0 Å². The second-order valence-electron chi connectivity index (χ2n) is 4.24. The summed E-state index contributed by atoms with van der Waals surface area (Å²) >= 11 is 1.77. The largest absolute Gasteiger partial charge is 0.465 e. The Morgan fingerprint density at radius 3 is 2.59 bits per heavy atom. The predicted molar refractivity (Wildman–Crippen MR) is 70.5 cm³/mol. The van der Waals surface area contributed by atoms with Crippen molar-refractivity contribution < 1.29 is 4.42 Å². The Balaban J connectivity index is 2.15. The zero-order valence-electron chi connectivity index (χ0n) is 10.7. The molecule has 0 aromatic carbocycles. The third-order valence-corrected chi connectivity index (χ3v) is 4.00. The van der Waals surface area contributed by atoms with Crippen LogP contribution in [0.3, 0.4) is 0 Å². The molecule has 2 heterocycles.